The van der Waals surface area contributed by atoms with Crippen LogP contribution in [0.2, 0.25) is 0 Å². The number of nitrogens with zero attached hydrogens (tertiary/aromatic N) is 1. The Hall–Kier alpha value is -0.120. The third-order valence-corrected chi connectivity index (χ3v) is 3.66. The van der Waals surface area contributed by atoms with Gasteiger partial charge in [0.05, 0.1) is 18.8 Å². The van der Waals surface area contributed by atoms with E-state index in [9.17, 15) is 5.11 Å². The maximum Gasteiger partial charge on any atom is 0.0700 e. The van der Waals surface area contributed by atoms with Crippen LogP contribution >= 0.6 is 0 Å². The molecule has 0 atom stereocenters. The third kappa shape index (κ3) is 0.767. The molecule has 3 nitrogen and oxygen atoms in total. The number of rotatable bonds is 1. The maximum absolute atomic E-state index is 9.62. The molecule has 12 heavy (non-hydrogen) atoms. The Morgan fingerprint density at radius 1 is 1.08 bits per heavy atom. The highest BCUT2D eigenvalue weighted by Crippen LogP contribution is 2.63. The molecule has 4 fully saturated rings. The van der Waals surface area contributed by atoms with Gasteiger partial charge in [0, 0.05) is 18.6 Å². The normalized spacial score (nSPS) is 52.8. The van der Waals surface area contributed by atoms with Gasteiger partial charge in [-0.05, 0) is 19.3 Å². The Balaban J connectivity index is 1.67. The van der Waals surface area contributed by atoms with Crippen molar-refractivity contribution in [2.75, 3.05) is 26.3 Å². The standard InChI is InChI=1S/C9H15NO2/c11-9-5-8(6-9,7-9)10-1-3-12-4-2-10/h11H,1-7H2. The van der Waals surface area contributed by atoms with Gasteiger partial charge in [0.25, 0.3) is 0 Å². The van der Waals surface area contributed by atoms with Crippen LogP contribution in [0.1, 0.15) is 19.3 Å². The van der Waals surface area contributed by atoms with Crippen molar-refractivity contribution < 1.29 is 9.84 Å². The molecule has 0 unspecified atom stereocenters. The smallest absolute Gasteiger partial charge is 0.0700 e. The average molecular weight is 169 g/mol. The van der Waals surface area contributed by atoms with E-state index in [0.717, 1.165) is 45.6 Å². The molecule has 4 rings (SSSR count). The molecule has 68 valence electrons. The second-order valence-electron chi connectivity index (χ2n) is 4.58. The van der Waals surface area contributed by atoms with E-state index in [1.807, 2.05) is 0 Å². The van der Waals surface area contributed by atoms with Crippen LogP contribution in [0.4, 0.5) is 0 Å². The monoisotopic (exact) mass is 169 g/mol. The molecule has 0 spiro atoms. The quantitative estimate of drug-likeness (QED) is 0.599. The molecule has 1 N–H and O–H groups in total. The summed E-state index contributed by atoms with van der Waals surface area (Å²) < 4.78 is 5.30. The Kier molecular flexibility index (Phi) is 1.23. The fourth-order valence-electron chi connectivity index (χ4n) is 3.06. The van der Waals surface area contributed by atoms with Crippen molar-refractivity contribution in [2.45, 2.75) is 30.4 Å². The first-order valence-electron chi connectivity index (χ1n) is 4.78. The molecule has 0 aromatic heterocycles. The number of ether oxygens (including phenoxy) is 1. The summed E-state index contributed by atoms with van der Waals surface area (Å²) in [5, 5.41) is 9.62. The van der Waals surface area contributed by atoms with Crippen LogP contribution in [0.5, 0.6) is 0 Å². The van der Waals surface area contributed by atoms with E-state index < -0.39 is 0 Å². The summed E-state index contributed by atoms with van der Waals surface area (Å²) in [5.74, 6) is 0. The molecule has 2 bridgehead atoms. The molecule has 1 saturated heterocycles. The highest BCUT2D eigenvalue weighted by molar-refractivity contribution is 5.25. The van der Waals surface area contributed by atoms with Crippen molar-refractivity contribution >= 4 is 0 Å². The molecule has 0 amide bonds. The van der Waals surface area contributed by atoms with E-state index in [-0.39, 0.29) is 5.60 Å². The van der Waals surface area contributed by atoms with Crippen molar-refractivity contribution in [1.29, 1.82) is 0 Å². The van der Waals surface area contributed by atoms with E-state index in [1.165, 1.54) is 0 Å². The van der Waals surface area contributed by atoms with Gasteiger partial charge in [-0.3, -0.25) is 4.90 Å². The molecule has 0 aromatic rings. The summed E-state index contributed by atoms with van der Waals surface area (Å²) in [7, 11) is 0. The fourth-order valence-corrected chi connectivity index (χ4v) is 3.06. The second-order valence-corrected chi connectivity index (χ2v) is 4.58. The molecular formula is C9H15NO2. The van der Waals surface area contributed by atoms with Gasteiger partial charge in [0.15, 0.2) is 0 Å². The van der Waals surface area contributed by atoms with Crippen LogP contribution in [0.25, 0.3) is 0 Å². The van der Waals surface area contributed by atoms with E-state index >= 15 is 0 Å². The second kappa shape index (κ2) is 2.03. The van der Waals surface area contributed by atoms with E-state index in [0.29, 0.717) is 5.54 Å². The lowest BCUT2D eigenvalue weighted by Crippen LogP contribution is -2.79. The molecule has 4 aliphatic rings. The van der Waals surface area contributed by atoms with Gasteiger partial charge in [-0.15, -0.1) is 0 Å². The first-order valence-corrected chi connectivity index (χ1v) is 4.78. The van der Waals surface area contributed by atoms with Gasteiger partial charge in [-0.25, -0.2) is 0 Å². The van der Waals surface area contributed by atoms with E-state index in [1.54, 1.807) is 0 Å². The van der Waals surface area contributed by atoms with Crippen molar-refractivity contribution in [1.82, 2.24) is 4.90 Å². The Bertz CT molecular complexity index is 191. The number of morpholine rings is 1. The number of aliphatic hydroxyl groups is 1. The molecule has 1 aliphatic heterocycles. The van der Waals surface area contributed by atoms with Crippen LogP contribution in [-0.4, -0.2) is 47.4 Å². The predicted molar refractivity (Wildman–Crippen MR) is 43.9 cm³/mol. The topological polar surface area (TPSA) is 32.7 Å². The van der Waals surface area contributed by atoms with E-state index in [4.69, 9.17) is 4.74 Å². The molecule has 3 saturated carbocycles. The highest BCUT2D eigenvalue weighted by Gasteiger charge is 2.69. The third-order valence-electron chi connectivity index (χ3n) is 3.66. The Morgan fingerprint density at radius 3 is 2.17 bits per heavy atom. The minimum absolute atomic E-state index is 0.252. The van der Waals surface area contributed by atoms with Crippen molar-refractivity contribution in [3.8, 4) is 0 Å². The van der Waals surface area contributed by atoms with Gasteiger partial charge in [0.1, 0.15) is 0 Å². The van der Waals surface area contributed by atoms with Crippen LogP contribution < -0.4 is 0 Å². The van der Waals surface area contributed by atoms with Crippen molar-refractivity contribution in [2.24, 2.45) is 0 Å². The maximum atomic E-state index is 9.62. The predicted octanol–water partition coefficient (Wildman–Crippen LogP) is -0.0140. The van der Waals surface area contributed by atoms with Crippen molar-refractivity contribution in [3.05, 3.63) is 0 Å². The Morgan fingerprint density at radius 2 is 1.67 bits per heavy atom. The van der Waals surface area contributed by atoms with Crippen LogP contribution in [0, 0.1) is 0 Å². The first-order chi connectivity index (χ1) is 5.73. The number of hydrogen-bond acceptors (Lipinski definition) is 3. The van der Waals surface area contributed by atoms with Crippen LogP contribution in [0.15, 0.2) is 0 Å². The summed E-state index contributed by atoms with van der Waals surface area (Å²) >= 11 is 0. The minimum atomic E-state index is -0.252. The summed E-state index contributed by atoms with van der Waals surface area (Å²) in [6.45, 7) is 3.88. The van der Waals surface area contributed by atoms with E-state index in [2.05, 4.69) is 4.90 Å². The minimum Gasteiger partial charge on any atom is -0.390 e. The van der Waals surface area contributed by atoms with Gasteiger partial charge < -0.3 is 9.84 Å². The molecular weight excluding hydrogens is 154 g/mol. The van der Waals surface area contributed by atoms with Crippen LogP contribution in [0.3, 0.4) is 0 Å². The summed E-state index contributed by atoms with van der Waals surface area (Å²) in [4.78, 5) is 2.51. The molecule has 3 heteroatoms. The lowest BCUT2D eigenvalue weighted by atomic mass is 9.45. The van der Waals surface area contributed by atoms with Gasteiger partial charge in [-0.1, -0.05) is 0 Å². The average Bonchev–Trinajstić information content (AvgIpc) is 1.99. The Labute approximate surface area is 72.3 Å². The highest BCUT2D eigenvalue weighted by atomic mass is 16.5. The van der Waals surface area contributed by atoms with Crippen molar-refractivity contribution in [3.63, 3.8) is 0 Å². The lowest BCUT2D eigenvalue weighted by molar-refractivity contribution is -0.274. The zero-order valence-electron chi connectivity index (χ0n) is 7.25. The summed E-state index contributed by atoms with van der Waals surface area (Å²) in [6.07, 6.45) is 3.04. The zero-order valence-corrected chi connectivity index (χ0v) is 7.25. The number of hydrogen-bond donors (Lipinski definition) is 1. The first kappa shape index (κ1) is 7.30. The molecule has 0 radical (unpaired) electrons. The fraction of sp³-hybridized carbons (Fsp3) is 1.00. The summed E-state index contributed by atoms with van der Waals surface area (Å²) in [5.41, 5.74) is 0.150. The largest absolute Gasteiger partial charge is 0.390 e. The van der Waals surface area contributed by atoms with Crippen LogP contribution in [-0.2, 0) is 4.74 Å². The van der Waals surface area contributed by atoms with Gasteiger partial charge in [-0.2, -0.15) is 0 Å². The zero-order chi connectivity index (χ0) is 8.23. The van der Waals surface area contributed by atoms with Gasteiger partial charge in [0.2, 0.25) is 0 Å². The SMILES string of the molecule is OC12CC(N3CCOCC3)(C1)C2. The molecule has 1 heterocycles. The lowest BCUT2D eigenvalue weighted by Gasteiger charge is -2.71. The summed E-state index contributed by atoms with van der Waals surface area (Å²) in [6, 6.07) is 0. The molecule has 3 aliphatic carbocycles. The molecule has 0 aromatic carbocycles. The van der Waals surface area contributed by atoms with Gasteiger partial charge >= 0.3 is 0 Å².